The second-order valence-electron chi connectivity index (χ2n) is 20.0. The zero-order chi connectivity index (χ0) is 61.3. The van der Waals surface area contributed by atoms with Crippen LogP contribution in [0.25, 0.3) is 10.7 Å². The standard InChI is InChI=1S/C54H78ClN17O9S3/c1-29-41(70-48(72-46(29)59)36(26-39(58)74)65-27-34(57)47(60)76)53(81)67-37(25-33-14-9-23-82-33)51(79)66-35(24-32-12-5-4-6-13-32)44(75)30(2)49(77)71-42(31(3)73)52(80)64-22-15-40-69-43(45(55)84-40)54-68-38(28-83-54)50(78)63-21-11-20-62-18-8-7-17-61-19-10-16-56/h4-6,9,12-14,23,28,30-31,34-37,42,44,61-62,65,73,75H,7-8,10-11,15-22,24-27,56-57H2,1-3H3,(H2,58,74)(H2,60,76)(H,63,78)(H,64,80)(H,66,79)(H,67,81)(H,71,77)(H2,59,70,72)/t30-,31+,34-,35+,36-,37-,42-,44-/m0/s1. The lowest BCUT2D eigenvalue weighted by Gasteiger charge is -2.31. The molecule has 0 saturated heterocycles. The molecule has 0 aliphatic heterocycles. The number of anilines is 1. The van der Waals surface area contributed by atoms with Crippen LogP contribution in [-0.4, -0.2) is 160 Å². The fraction of sp³-hybridized carbons (Fsp3) is 0.500. The van der Waals surface area contributed by atoms with Gasteiger partial charge < -0.3 is 81.4 Å². The number of rotatable bonds is 38. The lowest BCUT2D eigenvalue weighted by Crippen LogP contribution is -2.58. The van der Waals surface area contributed by atoms with Crippen LogP contribution < -0.4 is 71.2 Å². The van der Waals surface area contributed by atoms with Crippen LogP contribution in [0.1, 0.15) is 99.8 Å². The van der Waals surface area contributed by atoms with Gasteiger partial charge in [-0.05, 0) is 95.7 Å². The lowest BCUT2D eigenvalue weighted by atomic mass is 9.91. The highest BCUT2D eigenvalue weighted by molar-refractivity contribution is 7.17. The number of aromatic nitrogens is 4. The molecule has 0 saturated carbocycles. The predicted octanol–water partition coefficient (Wildman–Crippen LogP) is -0.301. The minimum absolute atomic E-state index is 0.0137. The molecule has 458 valence electrons. The van der Waals surface area contributed by atoms with Crippen molar-refractivity contribution in [3.8, 4) is 10.7 Å². The monoisotopic (exact) mass is 1240 g/mol. The summed E-state index contributed by atoms with van der Waals surface area (Å²) in [5, 5.41) is 50.6. The van der Waals surface area contributed by atoms with Gasteiger partial charge in [0.05, 0.1) is 41.3 Å². The molecule has 0 bridgehead atoms. The highest BCUT2D eigenvalue weighted by Gasteiger charge is 2.36. The molecule has 5 aromatic rings. The maximum atomic E-state index is 14.5. The van der Waals surface area contributed by atoms with Crippen LogP contribution in [0, 0.1) is 12.8 Å². The number of benzene rings is 1. The SMILES string of the molecule is Cc1c(N)nc([C@H](CC(N)=O)NC[C@H](N)C(N)=O)nc1C(=O)N[C@@H](Cc1cccs1)C(=O)N[C@H](Cc1ccccc1)[C@@H](O)[C@H](C)C(=O)N[C@H](C(=O)NCCc1nc(-c2nc(C(=O)NCCCNCCCCNCCCN)cs2)c(Cl)s1)[C@@H](C)O. The van der Waals surface area contributed by atoms with Crippen molar-refractivity contribution in [2.45, 2.75) is 115 Å². The van der Waals surface area contributed by atoms with Crippen molar-refractivity contribution in [1.29, 1.82) is 0 Å². The van der Waals surface area contributed by atoms with Gasteiger partial charge in [-0.3, -0.25) is 33.6 Å². The average Bonchev–Trinajstić information content (AvgIpc) is 4.01. The van der Waals surface area contributed by atoms with E-state index in [2.05, 4.69) is 62.5 Å². The van der Waals surface area contributed by atoms with E-state index in [1.165, 1.54) is 54.8 Å². The fourth-order valence-corrected chi connectivity index (χ4v) is 11.2. The van der Waals surface area contributed by atoms with E-state index < -0.39 is 83.8 Å². The molecule has 0 unspecified atom stereocenters. The van der Waals surface area contributed by atoms with Crippen molar-refractivity contribution in [3.63, 3.8) is 0 Å². The first-order valence-electron chi connectivity index (χ1n) is 27.5. The summed E-state index contributed by atoms with van der Waals surface area (Å²) in [6.45, 7) is 8.76. The van der Waals surface area contributed by atoms with Crippen molar-refractivity contribution < 1.29 is 43.8 Å². The second-order valence-corrected chi connectivity index (χ2v) is 23.5. The number of primary amides is 2. The Balaban J connectivity index is 1.20. The summed E-state index contributed by atoms with van der Waals surface area (Å²) in [4.78, 5) is 111. The molecule has 30 heteroatoms. The number of thiophene rings is 1. The molecule has 4 aromatic heterocycles. The van der Waals surface area contributed by atoms with Gasteiger partial charge in [-0.1, -0.05) is 54.9 Å². The highest BCUT2D eigenvalue weighted by Crippen LogP contribution is 2.34. The highest BCUT2D eigenvalue weighted by atomic mass is 35.5. The van der Waals surface area contributed by atoms with Gasteiger partial charge >= 0.3 is 0 Å². The summed E-state index contributed by atoms with van der Waals surface area (Å²) in [6, 6.07) is 6.22. The number of nitrogens with one attached hydrogen (secondary N) is 8. The first kappa shape index (κ1) is 68.1. The molecule has 84 heavy (non-hydrogen) atoms. The summed E-state index contributed by atoms with van der Waals surface area (Å²) in [5.41, 5.74) is 29.6. The van der Waals surface area contributed by atoms with Crippen LogP contribution >= 0.6 is 45.6 Å². The number of hydrogen-bond donors (Lipinski definition) is 15. The molecule has 5 rings (SSSR count). The van der Waals surface area contributed by atoms with E-state index in [1.54, 1.807) is 53.2 Å². The minimum Gasteiger partial charge on any atom is -0.391 e. The van der Waals surface area contributed by atoms with E-state index in [9.17, 15) is 43.8 Å². The van der Waals surface area contributed by atoms with E-state index >= 15 is 0 Å². The molecule has 0 fully saturated rings. The zero-order valence-electron chi connectivity index (χ0n) is 47.2. The summed E-state index contributed by atoms with van der Waals surface area (Å²) in [6.07, 6.45) is 0.677. The smallest absolute Gasteiger partial charge is 0.271 e. The topological polar surface area (TPSA) is 438 Å². The van der Waals surface area contributed by atoms with Crippen LogP contribution in [0.5, 0.6) is 0 Å². The number of nitrogens with two attached hydrogens (primary N) is 5. The summed E-state index contributed by atoms with van der Waals surface area (Å²) >= 11 is 10.3. The Morgan fingerprint density at radius 3 is 2.11 bits per heavy atom. The Morgan fingerprint density at radius 1 is 0.750 bits per heavy atom. The second kappa shape index (κ2) is 35.0. The van der Waals surface area contributed by atoms with Crippen LogP contribution in [-0.2, 0) is 43.2 Å². The number of thiazole rings is 2. The van der Waals surface area contributed by atoms with Crippen molar-refractivity contribution in [3.05, 3.63) is 95.8 Å². The Kier molecular flexibility index (Phi) is 28.4. The van der Waals surface area contributed by atoms with Gasteiger partial charge in [-0.2, -0.15) is 0 Å². The number of carbonyl (C=O) groups excluding carboxylic acids is 7. The number of amides is 7. The molecular weight excluding hydrogens is 1160 g/mol. The molecular formula is C54H78ClN17O9S3. The number of hydrogen-bond acceptors (Lipinski definition) is 22. The maximum absolute atomic E-state index is 14.5. The van der Waals surface area contributed by atoms with Crippen LogP contribution in [0.15, 0.2) is 53.2 Å². The van der Waals surface area contributed by atoms with Gasteiger partial charge in [0.2, 0.25) is 29.5 Å². The number of unbranched alkanes of at least 4 members (excludes halogenated alkanes) is 1. The maximum Gasteiger partial charge on any atom is 0.271 e. The largest absolute Gasteiger partial charge is 0.391 e. The van der Waals surface area contributed by atoms with Crippen molar-refractivity contribution in [2.24, 2.45) is 28.9 Å². The summed E-state index contributed by atoms with van der Waals surface area (Å²) < 4.78 is 0.340. The van der Waals surface area contributed by atoms with E-state index in [1.807, 2.05) is 0 Å². The summed E-state index contributed by atoms with van der Waals surface area (Å²) in [7, 11) is 0. The Bertz CT molecular complexity index is 2940. The molecule has 1 aromatic carbocycles. The number of carbonyl (C=O) groups is 7. The average molecular weight is 1240 g/mol. The van der Waals surface area contributed by atoms with Gasteiger partial charge in [0, 0.05) is 54.7 Å². The quantitative estimate of drug-likeness (QED) is 0.0226. The predicted molar refractivity (Wildman–Crippen MR) is 324 cm³/mol. The number of aliphatic hydroxyl groups is 2. The lowest BCUT2D eigenvalue weighted by molar-refractivity contribution is -0.136. The molecule has 20 N–H and O–H groups in total. The molecule has 26 nitrogen and oxygen atoms in total. The van der Waals surface area contributed by atoms with Crippen LogP contribution in [0.4, 0.5) is 5.82 Å². The number of halogens is 1. The molecule has 0 radical (unpaired) electrons. The molecule has 0 aliphatic rings. The number of nitrogens with zero attached hydrogens (tertiary/aromatic N) is 4. The molecule has 7 amide bonds. The third-order valence-corrected chi connectivity index (χ3v) is 16.3. The first-order chi connectivity index (χ1) is 40.2. The van der Waals surface area contributed by atoms with E-state index in [0.717, 1.165) is 51.9 Å². The van der Waals surface area contributed by atoms with Crippen molar-refractivity contribution in [1.82, 2.24) is 62.5 Å². The molecule has 4 heterocycles. The van der Waals surface area contributed by atoms with Crippen LogP contribution in [0.3, 0.4) is 0 Å². The molecule has 8 atom stereocenters. The van der Waals surface area contributed by atoms with E-state index in [-0.39, 0.29) is 73.3 Å². The summed E-state index contributed by atoms with van der Waals surface area (Å²) in [5.74, 6) is -6.61. The number of aliphatic hydroxyl groups excluding tert-OH is 2. The van der Waals surface area contributed by atoms with Crippen molar-refractivity contribution >= 4 is 92.8 Å². The molecule has 0 aliphatic carbocycles. The first-order valence-corrected chi connectivity index (χ1v) is 30.5. The Morgan fingerprint density at radius 2 is 1.45 bits per heavy atom. The number of nitrogen functional groups attached to an aromatic ring is 1. The van der Waals surface area contributed by atoms with Gasteiger partial charge in [-0.25, -0.2) is 19.9 Å². The Hall–Kier alpha value is -6.64. The fourth-order valence-electron chi connectivity index (χ4n) is 8.38. The molecule has 0 spiro atoms. The van der Waals surface area contributed by atoms with Gasteiger partial charge in [-0.15, -0.1) is 34.0 Å². The van der Waals surface area contributed by atoms with E-state index in [4.69, 9.17) is 40.3 Å². The van der Waals surface area contributed by atoms with Gasteiger partial charge in [0.15, 0.2) is 0 Å². The van der Waals surface area contributed by atoms with Gasteiger partial charge in [0.25, 0.3) is 11.8 Å². The normalized spacial score (nSPS) is 14.2. The van der Waals surface area contributed by atoms with Crippen molar-refractivity contribution in [2.75, 3.05) is 58.1 Å². The third-order valence-electron chi connectivity index (χ3n) is 13.3. The third kappa shape index (κ3) is 21.8. The van der Waals surface area contributed by atoms with Gasteiger partial charge in [0.1, 0.15) is 50.2 Å². The zero-order valence-corrected chi connectivity index (χ0v) is 50.4. The minimum atomic E-state index is -1.60. The van der Waals surface area contributed by atoms with E-state index in [0.29, 0.717) is 43.6 Å². The Labute approximate surface area is 504 Å². The van der Waals surface area contributed by atoms with Crippen LogP contribution in [0.2, 0.25) is 4.34 Å².